The Morgan fingerprint density at radius 1 is 1.08 bits per heavy atom. The Morgan fingerprint density at radius 2 is 1.85 bits per heavy atom. The first-order valence-electron chi connectivity index (χ1n) is 8.27. The molecule has 26 heavy (non-hydrogen) atoms. The van der Waals surface area contributed by atoms with E-state index >= 15 is 0 Å². The number of nitrogens with zero attached hydrogens (tertiary/aromatic N) is 1. The van der Waals surface area contributed by atoms with E-state index in [1.54, 1.807) is 17.2 Å². The van der Waals surface area contributed by atoms with Gasteiger partial charge in [0.25, 0.3) is 0 Å². The minimum absolute atomic E-state index is 0.117. The number of ketones is 1. The van der Waals surface area contributed by atoms with Gasteiger partial charge in [-0.2, -0.15) is 0 Å². The lowest BCUT2D eigenvalue weighted by Crippen LogP contribution is -2.15. The summed E-state index contributed by atoms with van der Waals surface area (Å²) < 4.78 is 0. The normalized spacial score (nSPS) is 11.0. The zero-order valence-corrected chi connectivity index (χ0v) is 15.5. The van der Waals surface area contributed by atoms with Crippen molar-refractivity contribution in [2.24, 2.45) is 0 Å². The van der Waals surface area contributed by atoms with E-state index in [4.69, 9.17) is 0 Å². The van der Waals surface area contributed by atoms with E-state index in [2.05, 4.69) is 5.32 Å². The van der Waals surface area contributed by atoms with Crippen molar-refractivity contribution in [2.75, 3.05) is 19.4 Å². The molecule has 0 saturated carbocycles. The second kappa shape index (κ2) is 7.97. The summed E-state index contributed by atoms with van der Waals surface area (Å²) in [5.41, 5.74) is 1.53. The fourth-order valence-electron chi connectivity index (χ4n) is 2.70. The third kappa shape index (κ3) is 4.18. The van der Waals surface area contributed by atoms with Crippen molar-refractivity contribution in [1.29, 1.82) is 0 Å². The number of thiophene rings is 1. The monoisotopic (exact) mass is 364 g/mol. The van der Waals surface area contributed by atoms with Gasteiger partial charge >= 0.3 is 0 Å². The number of amides is 1. The summed E-state index contributed by atoms with van der Waals surface area (Å²) in [6, 6.07) is 15.7. The zero-order chi connectivity index (χ0) is 18.5. The second-order valence-electron chi connectivity index (χ2n) is 6.17. The highest BCUT2D eigenvalue weighted by molar-refractivity contribution is 7.12. The molecule has 1 amide bonds. The molecule has 5 heteroatoms. The largest absolute Gasteiger partial charge is 0.383 e. The van der Waals surface area contributed by atoms with Crippen LogP contribution in [0.3, 0.4) is 0 Å². The smallest absolute Gasteiger partial charge is 0.228 e. The first kappa shape index (κ1) is 17.9. The van der Waals surface area contributed by atoms with Crippen LogP contribution < -0.4 is 5.32 Å². The molecule has 4 nitrogen and oxygen atoms in total. The van der Waals surface area contributed by atoms with Crippen molar-refractivity contribution >= 4 is 39.5 Å². The molecule has 0 atom stereocenters. The molecule has 3 aromatic rings. The Labute approximate surface area is 156 Å². The molecule has 0 aliphatic rings. The molecule has 1 heterocycles. The van der Waals surface area contributed by atoms with E-state index in [0.29, 0.717) is 10.6 Å². The summed E-state index contributed by atoms with van der Waals surface area (Å²) in [5, 5.41) is 6.86. The van der Waals surface area contributed by atoms with Gasteiger partial charge in [-0.3, -0.25) is 9.59 Å². The van der Waals surface area contributed by atoms with E-state index in [1.807, 2.05) is 61.9 Å². The predicted octanol–water partition coefficient (Wildman–Crippen LogP) is 4.34. The lowest BCUT2D eigenvalue weighted by Gasteiger charge is -2.08. The van der Waals surface area contributed by atoms with E-state index < -0.39 is 0 Å². The van der Waals surface area contributed by atoms with Crippen LogP contribution in [0.5, 0.6) is 0 Å². The van der Waals surface area contributed by atoms with Gasteiger partial charge in [-0.1, -0.05) is 42.5 Å². The summed E-state index contributed by atoms with van der Waals surface area (Å²) >= 11 is 1.33. The Hall–Kier alpha value is -2.92. The number of carbonyl (C=O) groups excluding carboxylic acids is 2. The van der Waals surface area contributed by atoms with Gasteiger partial charge in [0.15, 0.2) is 5.78 Å². The number of nitrogens with one attached hydrogen (secondary N) is 1. The van der Waals surface area contributed by atoms with Crippen molar-refractivity contribution in [3.05, 3.63) is 76.6 Å². The van der Waals surface area contributed by atoms with E-state index in [-0.39, 0.29) is 18.1 Å². The van der Waals surface area contributed by atoms with Crippen LogP contribution in [0.1, 0.15) is 15.2 Å². The number of hydrogen-bond donors (Lipinski definition) is 1. The quantitative estimate of drug-likeness (QED) is 0.523. The molecule has 0 spiro atoms. The van der Waals surface area contributed by atoms with Gasteiger partial charge in [0.1, 0.15) is 0 Å². The third-order valence-electron chi connectivity index (χ3n) is 3.92. The molecule has 1 N–H and O–H groups in total. The molecule has 2 aromatic carbocycles. The number of fused-ring (bicyclic) bond motifs is 1. The number of carbonyl (C=O) groups is 2. The van der Waals surface area contributed by atoms with Crippen LogP contribution in [-0.2, 0) is 11.2 Å². The average Bonchev–Trinajstić information content (AvgIpc) is 3.08. The highest BCUT2D eigenvalue weighted by Gasteiger charge is 2.14. The van der Waals surface area contributed by atoms with Crippen molar-refractivity contribution in [3.63, 3.8) is 0 Å². The molecule has 3 rings (SSSR count). The number of benzene rings is 2. The minimum Gasteiger partial charge on any atom is -0.383 e. The Bertz CT molecular complexity index is 968. The molecule has 0 fully saturated rings. The Balaban J connectivity index is 1.75. The zero-order valence-electron chi connectivity index (χ0n) is 14.7. The van der Waals surface area contributed by atoms with E-state index in [1.165, 1.54) is 17.4 Å². The van der Waals surface area contributed by atoms with Crippen molar-refractivity contribution in [3.8, 4) is 0 Å². The molecule has 0 aliphatic heterocycles. The van der Waals surface area contributed by atoms with Gasteiger partial charge in [-0.05, 0) is 27.8 Å². The van der Waals surface area contributed by atoms with Crippen LogP contribution in [0.2, 0.25) is 0 Å². The number of allylic oxidation sites excluding steroid dienone is 1. The van der Waals surface area contributed by atoms with E-state index in [9.17, 15) is 9.59 Å². The first-order chi connectivity index (χ1) is 12.5. The fourth-order valence-corrected chi connectivity index (χ4v) is 3.48. The van der Waals surface area contributed by atoms with Gasteiger partial charge in [-0.25, -0.2) is 0 Å². The molecule has 1 aromatic heterocycles. The third-order valence-corrected chi connectivity index (χ3v) is 4.85. The van der Waals surface area contributed by atoms with Crippen LogP contribution in [0.4, 0.5) is 5.69 Å². The molecule has 0 unspecified atom stereocenters. The van der Waals surface area contributed by atoms with Crippen LogP contribution >= 0.6 is 11.3 Å². The number of anilines is 1. The van der Waals surface area contributed by atoms with Crippen LogP contribution in [0.25, 0.3) is 10.8 Å². The van der Waals surface area contributed by atoms with E-state index in [0.717, 1.165) is 16.3 Å². The molecular weight excluding hydrogens is 344 g/mol. The fraction of sp³-hybridized carbons (Fsp3) is 0.143. The highest BCUT2D eigenvalue weighted by Crippen LogP contribution is 2.24. The summed E-state index contributed by atoms with van der Waals surface area (Å²) in [6.07, 6.45) is 3.47. The summed E-state index contributed by atoms with van der Waals surface area (Å²) in [5.74, 6) is -0.250. The topological polar surface area (TPSA) is 49.4 Å². The average molecular weight is 364 g/mol. The lowest BCUT2D eigenvalue weighted by molar-refractivity contribution is -0.115. The van der Waals surface area contributed by atoms with Gasteiger partial charge in [-0.15, -0.1) is 11.3 Å². The van der Waals surface area contributed by atoms with Crippen molar-refractivity contribution in [1.82, 2.24) is 4.90 Å². The first-order valence-corrected chi connectivity index (χ1v) is 9.15. The molecule has 0 radical (unpaired) electrons. The maximum atomic E-state index is 12.5. The van der Waals surface area contributed by atoms with Crippen molar-refractivity contribution < 1.29 is 9.59 Å². The summed E-state index contributed by atoms with van der Waals surface area (Å²) in [7, 11) is 3.70. The summed E-state index contributed by atoms with van der Waals surface area (Å²) in [6.45, 7) is 0. The Morgan fingerprint density at radius 3 is 2.65 bits per heavy atom. The van der Waals surface area contributed by atoms with Crippen molar-refractivity contribution in [2.45, 2.75) is 6.42 Å². The second-order valence-corrected chi connectivity index (χ2v) is 7.09. The number of rotatable bonds is 6. The molecule has 0 aliphatic carbocycles. The van der Waals surface area contributed by atoms with Crippen LogP contribution in [0, 0.1) is 0 Å². The maximum Gasteiger partial charge on any atom is 0.228 e. The lowest BCUT2D eigenvalue weighted by atomic mass is 10.0. The van der Waals surface area contributed by atoms with Gasteiger partial charge in [0.2, 0.25) is 5.91 Å². The molecule has 132 valence electrons. The van der Waals surface area contributed by atoms with Crippen LogP contribution in [0.15, 0.2) is 66.2 Å². The maximum absolute atomic E-state index is 12.5. The van der Waals surface area contributed by atoms with Gasteiger partial charge in [0.05, 0.1) is 17.0 Å². The van der Waals surface area contributed by atoms with Crippen LogP contribution in [-0.4, -0.2) is 30.7 Å². The molecule has 0 bridgehead atoms. The molecular formula is C21H20N2O2S. The molecule has 0 saturated heterocycles. The minimum atomic E-state index is -0.134. The predicted molar refractivity (Wildman–Crippen MR) is 108 cm³/mol. The van der Waals surface area contributed by atoms with Gasteiger partial charge in [0, 0.05) is 26.4 Å². The standard InChI is InChI=1S/C21H20N2O2S/c1-23(2)12-10-19(24)21-18(11-13-26-21)22-20(25)14-16-8-5-7-15-6-3-4-9-17(15)16/h3-13H,14H2,1-2H3,(H,22,25). The Kier molecular flexibility index (Phi) is 5.49. The highest BCUT2D eigenvalue weighted by atomic mass is 32.1. The SMILES string of the molecule is CN(C)C=CC(=O)c1sccc1NC(=O)Cc1cccc2ccccc12. The van der Waals surface area contributed by atoms with Gasteiger partial charge < -0.3 is 10.2 Å². The number of hydrogen-bond acceptors (Lipinski definition) is 4. The summed E-state index contributed by atoms with van der Waals surface area (Å²) in [4.78, 5) is 27.1.